The molecule has 1 aliphatic rings. The van der Waals surface area contributed by atoms with Gasteiger partial charge in [0.05, 0.1) is 12.1 Å². The summed E-state index contributed by atoms with van der Waals surface area (Å²) in [7, 11) is 0. The molecule has 1 aromatic rings. The van der Waals surface area contributed by atoms with Crippen LogP contribution >= 0.6 is 24.0 Å². The van der Waals surface area contributed by atoms with Crippen LogP contribution in [0.5, 0.6) is 0 Å². The van der Waals surface area contributed by atoms with E-state index >= 15 is 0 Å². The zero-order valence-electron chi connectivity index (χ0n) is 15.3. The molecule has 1 saturated heterocycles. The van der Waals surface area contributed by atoms with Crippen molar-refractivity contribution in [3.05, 3.63) is 35.4 Å². The summed E-state index contributed by atoms with van der Waals surface area (Å²) < 4.78 is 37.8. The van der Waals surface area contributed by atoms with Crippen molar-refractivity contribution in [3.63, 3.8) is 0 Å². The lowest BCUT2D eigenvalue weighted by Gasteiger charge is -2.16. The Labute approximate surface area is 170 Å². The summed E-state index contributed by atoms with van der Waals surface area (Å²) >= 11 is 0. The Kier molecular flexibility index (Phi) is 9.70. The molecule has 0 aliphatic carbocycles. The Bertz CT molecular complexity index is 561. The molecule has 1 atom stereocenters. The van der Waals surface area contributed by atoms with Crippen molar-refractivity contribution >= 4 is 29.9 Å². The monoisotopic (exact) mass is 484 g/mol. The molecule has 0 radical (unpaired) electrons. The summed E-state index contributed by atoms with van der Waals surface area (Å²) in [6.45, 7) is 9.43. The van der Waals surface area contributed by atoms with E-state index in [1.54, 1.807) is 0 Å². The predicted molar refractivity (Wildman–Crippen MR) is 110 cm³/mol. The third kappa shape index (κ3) is 7.30. The smallest absolute Gasteiger partial charge is 0.357 e. The number of alkyl halides is 3. The van der Waals surface area contributed by atoms with Crippen LogP contribution in [0.3, 0.4) is 0 Å². The van der Waals surface area contributed by atoms with E-state index in [9.17, 15) is 13.2 Å². The maximum atomic E-state index is 12.6. The van der Waals surface area contributed by atoms with E-state index in [1.807, 2.05) is 6.92 Å². The second-order valence-electron chi connectivity index (χ2n) is 6.32. The maximum Gasteiger partial charge on any atom is 0.416 e. The Morgan fingerprint density at radius 3 is 2.42 bits per heavy atom. The highest BCUT2D eigenvalue weighted by molar-refractivity contribution is 14.0. The second-order valence-corrected chi connectivity index (χ2v) is 6.32. The van der Waals surface area contributed by atoms with E-state index in [2.05, 4.69) is 27.4 Å². The van der Waals surface area contributed by atoms with Gasteiger partial charge in [-0.2, -0.15) is 13.2 Å². The highest BCUT2D eigenvalue weighted by atomic mass is 127. The van der Waals surface area contributed by atoms with Crippen LogP contribution in [0.4, 0.5) is 13.2 Å². The fraction of sp³-hybridized carbons (Fsp3) is 0.611. The van der Waals surface area contributed by atoms with Gasteiger partial charge < -0.3 is 15.5 Å². The minimum Gasteiger partial charge on any atom is -0.357 e. The van der Waals surface area contributed by atoms with Gasteiger partial charge in [-0.25, -0.2) is 4.99 Å². The first-order chi connectivity index (χ1) is 11.9. The normalized spacial score (nSPS) is 18.5. The lowest BCUT2D eigenvalue weighted by molar-refractivity contribution is -0.137. The van der Waals surface area contributed by atoms with Crippen molar-refractivity contribution in [3.8, 4) is 0 Å². The van der Waals surface area contributed by atoms with E-state index in [-0.39, 0.29) is 24.0 Å². The van der Waals surface area contributed by atoms with Gasteiger partial charge in [0.1, 0.15) is 0 Å². The number of rotatable bonds is 6. The third-order valence-corrected chi connectivity index (χ3v) is 4.42. The molecular formula is C18H28F3IN4. The van der Waals surface area contributed by atoms with Crippen molar-refractivity contribution < 1.29 is 13.2 Å². The molecule has 4 nitrogen and oxygen atoms in total. The largest absolute Gasteiger partial charge is 0.416 e. The molecule has 1 heterocycles. The van der Waals surface area contributed by atoms with E-state index in [1.165, 1.54) is 18.6 Å². The molecular weight excluding hydrogens is 456 g/mol. The van der Waals surface area contributed by atoms with Gasteiger partial charge in [-0.15, -0.1) is 24.0 Å². The minimum absolute atomic E-state index is 0. The SMILES string of the molecule is CCNC(=NCc1ccc(C(F)(F)F)cc1)NCC1CCN(CC)C1.I. The highest BCUT2D eigenvalue weighted by Gasteiger charge is 2.29. The molecule has 148 valence electrons. The van der Waals surface area contributed by atoms with Crippen molar-refractivity contribution in [2.24, 2.45) is 10.9 Å². The number of nitrogens with zero attached hydrogens (tertiary/aromatic N) is 2. The third-order valence-electron chi connectivity index (χ3n) is 4.42. The summed E-state index contributed by atoms with van der Waals surface area (Å²) in [5.74, 6) is 1.31. The van der Waals surface area contributed by atoms with Gasteiger partial charge in [0.25, 0.3) is 0 Å². The van der Waals surface area contributed by atoms with Crippen LogP contribution in [0.15, 0.2) is 29.3 Å². The topological polar surface area (TPSA) is 39.7 Å². The van der Waals surface area contributed by atoms with Crippen LogP contribution in [-0.4, -0.2) is 43.6 Å². The van der Waals surface area contributed by atoms with E-state index < -0.39 is 11.7 Å². The van der Waals surface area contributed by atoms with Gasteiger partial charge in [0.15, 0.2) is 5.96 Å². The zero-order valence-corrected chi connectivity index (χ0v) is 17.6. The summed E-state index contributed by atoms with van der Waals surface area (Å²) in [4.78, 5) is 6.90. The van der Waals surface area contributed by atoms with Gasteiger partial charge in [-0.1, -0.05) is 19.1 Å². The first-order valence-electron chi connectivity index (χ1n) is 8.83. The summed E-state index contributed by atoms with van der Waals surface area (Å²) in [5, 5.41) is 6.53. The molecule has 0 amide bonds. The van der Waals surface area contributed by atoms with Crippen LogP contribution in [0.2, 0.25) is 0 Å². The van der Waals surface area contributed by atoms with Gasteiger partial charge in [0, 0.05) is 19.6 Å². The number of hydrogen-bond acceptors (Lipinski definition) is 2. The zero-order chi connectivity index (χ0) is 18.3. The number of benzene rings is 1. The quantitative estimate of drug-likeness (QED) is 0.368. The fourth-order valence-electron chi connectivity index (χ4n) is 2.92. The molecule has 1 aliphatic heterocycles. The van der Waals surface area contributed by atoms with Gasteiger partial charge in [-0.3, -0.25) is 0 Å². The summed E-state index contributed by atoms with van der Waals surface area (Å²) in [6, 6.07) is 5.16. The number of aliphatic imine (C=N–C) groups is 1. The van der Waals surface area contributed by atoms with Crippen LogP contribution in [0.1, 0.15) is 31.4 Å². The molecule has 0 spiro atoms. The second kappa shape index (κ2) is 11.0. The first kappa shape index (κ1) is 23.0. The van der Waals surface area contributed by atoms with Crippen LogP contribution in [0.25, 0.3) is 0 Å². The number of hydrogen-bond donors (Lipinski definition) is 2. The Balaban J connectivity index is 0.00000338. The van der Waals surface area contributed by atoms with Crippen molar-refractivity contribution in [2.75, 3.05) is 32.7 Å². The highest BCUT2D eigenvalue weighted by Crippen LogP contribution is 2.29. The van der Waals surface area contributed by atoms with Gasteiger partial charge >= 0.3 is 6.18 Å². The fourth-order valence-corrected chi connectivity index (χ4v) is 2.92. The number of guanidine groups is 1. The average molecular weight is 484 g/mol. The average Bonchev–Trinajstić information content (AvgIpc) is 3.05. The molecule has 8 heteroatoms. The number of halogens is 4. The summed E-state index contributed by atoms with van der Waals surface area (Å²) in [5.41, 5.74) is 0.121. The van der Waals surface area contributed by atoms with E-state index in [0.717, 1.165) is 50.4 Å². The number of nitrogens with one attached hydrogen (secondary N) is 2. The molecule has 0 bridgehead atoms. The molecule has 1 aromatic carbocycles. The van der Waals surface area contributed by atoms with Crippen LogP contribution in [-0.2, 0) is 12.7 Å². The van der Waals surface area contributed by atoms with Crippen molar-refractivity contribution in [1.82, 2.24) is 15.5 Å². The molecule has 2 N–H and O–H groups in total. The molecule has 1 unspecified atom stereocenters. The van der Waals surface area contributed by atoms with E-state index in [4.69, 9.17) is 0 Å². The first-order valence-corrected chi connectivity index (χ1v) is 8.83. The number of likely N-dealkylation sites (tertiary alicyclic amines) is 1. The lowest BCUT2D eigenvalue weighted by atomic mass is 10.1. The Morgan fingerprint density at radius 1 is 1.19 bits per heavy atom. The van der Waals surface area contributed by atoms with Gasteiger partial charge in [-0.05, 0) is 50.0 Å². The molecule has 1 fully saturated rings. The van der Waals surface area contributed by atoms with Crippen LogP contribution < -0.4 is 10.6 Å². The van der Waals surface area contributed by atoms with Crippen molar-refractivity contribution in [1.29, 1.82) is 0 Å². The molecule has 26 heavy (non-hydrogen) atoms. The lowest BCUT2D eigenvalue weighted by Crippen LogP contribution is -2.40. The Morgan fingerprint density at radius 2 is 1.88 bits per heavy atom. The predicted octanol–water partition coefficient (Wildman–Crippen LogP) is 3.72. The van der Waals surface area contributed by atoms with Gasteiger partial charge in [0.2, 0.25) is 0 Å². The molecule has 0 aromatic heterocycles. The minimum atomic E-state index is -4.30. The van der Waals surface area contributed by atoms with E-state index in [0.29, 0.717) is 18.4 Å². The Hall–Kier alpha value is -1.03. The molecule has 0 saturated carbocycles. The van der Waals surface area contributed by atoms with Crippen LogP contribution in [0, 0.1) is 5.92 Å². The maximum absolute atomic E-state index is 12.6. The summed E-state index contributed by atoms with van der Waals surface area (Å²) in [6.07, 6.45) is -3.12. The van der Waals surface area contributed by atoms with Crippen molar-refractivity contribution in [2.45, 2.75) is 33.0 Å². The molecule has 2 rings (SSSR count). The standard InChI is InChI=1S/C18H27F3N4.HI/c1-3-22-17(24-12-15-9-10-25(4-2)13-15)23-11-14-5-7-16(8-6-14)18(19,20)21;/h5-8,15H,3-4,9-13H2,1-2H3,(H2,22,23,24);1H.